The van der Waals surface area contributed by atoms with Gasteiger partial charge in [0, 0.05) is 19.2 Å². The lowest BCUT2D eigenvalue weighted by Crippen LogP contribution is -2.37. The third-order valence-electron chi connectivity index (χ3n) is 2.53. The maximum Gasteiger partial charge on any atom is 0.241 e. The first kappa shape index (κ1) is 13.4. The van der Waals surface area contributed by atoms with Crippen LogP contribution in [0.3, 0.4) is 0 Å². The molecular formula is C12H16F2N2O. The van der Waals surface area contributed by atoms with E-state index in [9.17, 15) is 13.6 Å². The highest BCUT2D eigenvalue weighted by molar-refractivity contribution is 5.80. The fraction of sp³-hybridized carbons (Fsp3) is 0.417. The molecule has 1 amide bonds. The van der Waals surface area contributed by atoms with Crippen LogP contribution in [0.5, 0.6) is 0 Å². The van der Waals surface area contributed by atoms with Crippen LogP contribution < -0.4 is 5.32 Å². The van der Waals surface area contributed by atoms with Gasteiger partial charge in [-0.3, -0.25) is 4.79 Å². The number of likely N-dealkylation sites (N-methyl/N-ethyl adjacent to an activating group) is 1. The minimum atomic E-state index is -0.704. The Morgan fingerprint density at radius 3 is 2.59 bits per heavy atom. The van der Waals surface area contributed by atoms with E-state index >= 15 is 0 Å². The van der Waals surface area contributed by atoms with E-state index in [0.29, 0.717) is 0 Å². The Labute approximate surface area is 99.4 Å². The fourth-order valence-corrected chi connectivity index (χ4v) is 1.22. The summed E-state index contributed by atoms with van der Waals surface area (Å²) in [5.41, 5.74) is 0.122. The molecule has 0 aliphatic rings. The first-order chi connectivity index (χ1) is 7.91. The van der Waals surface area contributed by atoms with Crippen LogP contribution in [0.1, 0.15) is 13.8 Å². The van der Waals surface area contributed by atoms with Crippen LogP contribution in [-0.4, -0.2) is 30.4 Å². The molecule has 0 radical (unpaired) electrons. The topological polar surface area (TPSA) is 32.3 Å². The third-order valence-corrected chi connectivity index (χ3v) is 2.53. The van der Waals surface area contributed by atoms with Crippen molar-refractivity contribution in [2.75, 3.05) is 18.9 Å². The van der Waals surface area contributed by atoms with E-state index in [1.165, 1.54) is 6.07 Å². The zero-order valence-electron chi connectivity index (χ0n) is 10.1. The molecule has 94 valence electrons. The summed E-state index contributed by atoms with van der Waals surface area (Å²) in [5, 5.41) is 2.64. The Kier molecular flexibility index (Phi) is 4.43. The molecule has 0 bridgehead atoms. The molecule has 1 aromatic carbocycles. The summed E-state index contributed by atoms with van der Waals surface area (Å²) in [6.45, 7) is 3.75. The molecule has 17 heavy (non-hydrogen) atoms. The molecule has 0 fully saturated rings. The Hall–Kier alpha value is -1.65. The standard InChI is InChI=1S/C12H16F2N2O/c1-8(2)16(3)12(17)7-15-11-5-4-9(13)6-10(11)14/h4-6,8,15H,7H2,1-3H3. The summed E-state index contributed by atoms with van der Waals surface area (Å²) in [6.07, 6.45) is 0. The van der Waals surface area contributed by atoms with Gasteiger partial charge in [0.05, 0.1) is 12.2 Å². The summed E-state index contributed by atoms with van der Waals surface area (Å²) < 4.78 is 25.9. The molecular weight excluding hydrogens is 226 g/mol. The van der Waals surface area contributed by atoms with Gasteiger partial charge in [-0.25, -0.2) is 8.78 Å². The van der Waals surface area contributed by atoms with E-state index in [1.807, 2.05) is 13.8 Å². The second-order valence-electron chi connectivity index (χ2n) is 4.08. The van der Waals surface area contributed by atoms with Crippen LogP contribution in [-0.2, 0) is 4.79 Å². The van der Waals surface area contributed by atoms with Crippen LogP contribution in [0.2, 0.25) is 0 Å². The Bertz CT molecular complexity index is 407. The number of anilines is 1. The largest absolute Gasteiger partial charge is 0.374 e. The lowest BCUT2D eigenvalue weighted by atomic mass is 10.3. The van der Waals surface area contributed by atoms with Crippen LogP contribution >= 0.6 is 0 Å². The van der Waals surface area contributed by atoms with Gasteiger partial charge in [-0.1, -0.05) is 0 Å². The molecule has 1 N–H and O–H groups in total. The first-order valence-electron chi connectivity index (χ1n) is 5.36. The lowest BCUT2D eigenvalue weighted by molar-refractivity contribution is -0.129. The third kappa shape index (κ3) is 3.69. The Morgan fingerprint density at radius 2 is 2.06 bits per heavy atom. The van der Waals surface area contributed by atoms with Crippen molar-refractivity contribution in [1.82, 2.24) is 4.90 Å². The predicted molar refractivity (Wildman–Crippen MR) is 62.8 cm³/mol. The molecule has 0 aliphatic carbocycles. The maximum atomic E-state index is 13.2. The number of halogens is 2. The van der Waals surface area contributed by atoms with Crippen LogP contribution in [0.25, 0.3) is 0 Å². The molecule has 1 rings (SSSR count). The number of carbonyl (C=O) groups is 1. The summed E-state index contributed by atoms with van der Waals surface area (Å²) in [7, 11) is 1.68. The van der Waals surface area contributed by atoms with Crippen molar-refractivity contribution in [3.8, 4) is 0 Å². The molecule has 0 spiro atoms. The van der Waals surface area contributed by atoms with Gasteiger partial charge in [-0.15, -0.1) is 0 Å². The summed E-state index contributed by atoms with van der Waals surface area (Å²) in [6, 6.07) is 3.27. The Balaban J connectivity index is 2.59. The van der Waals surface area contributed by atoms with Gasteiger partial charge >= 0.3 is 0 Å². The van der Waals surface area contributed by atoms with E-state index in [0.717, 1.165) is 12.1 Å². The van der Waals surface area contributed by atoms with Crippen molar-refractivity contribution in [3.63, 3.8) is 0 Å². The molecule has 5 heteroatoms. The summed E-state index contributed by atoms with van der Waals surface area (Å²) in [4.78, 5) is 13.2. The fourth-order valence-electron chi connectivity index (χ4n) is 1.22. The van der Waals surface area contributed by atoms with Crippen molar-refractivity contribution < 1.29 is 13.6 Å². The van der Waals surface area contributed by atoms with E-state index in [1.54, 1.807) is 11.9 Å². The zero-order chi connectivity index (χ0) is 13.0. The number of benzene rings is 1. The molecule has 0 saturated carbocycles. The van der Waals surface area contributed by atoms with Gasteiger partial charge < -0.3 is 10.2 Å². The molecule has 0 atom stereocenters. The number of rotatable bonds is 4. The van der Waals surface area contributed by atoms with Crippen molar-refractivity contribution >= 4 is 11.6 Å². The minimum absolute atomic E-state index is 0.0166. The second kappa shape index (κ2) is 5.61. The number of nitrogens with zero attached hydrogens (tertiary/aromatic N) is 1. The van der Waals surface area contributed by atoms with Crippen molar-refractivity contribution in [3.05, 3.63) is 29.8 Å². The summed E-state index contributed by atoms with van der Waals surface area (Å²) >= 11 is 0. The van der Waals surface area contributed by atoms with E-state index in [-0.39, 0.29) is 24.2 Å². The van der Waals surface area contributed by atoms with Gasteiger partial charge in [-0.2, -0.15) is 0 Å². The van der Waals surface area contributed by atoms with Crippen molar-refractivity contribution in [2.45, 2.75) is 19.9 Å². The molecule has 0 saturated heterocycles. The van der Waals surface area contributed by atoms with Gasteiger partial charge in [0.2, 0.25) is 5.91 Å². The van der Waals surface area contributed by atoms with Gasteiger partial charge in [0.25, 0.3) is 0 Å². The van der Waals surface area contributed by atoms with E-state index < -0.39 is 11.6 Å². The molecule has 3 nitrogen and oxygen atoms in total. The van der Waals surface area contributed by atoms with Gasteiger partial charge in [0.15, 0.2) is 0 Å². The smallest absolute Gasteiger partial charge is 0.241 e. The van der Waals surface area contributed by atoms with Gasteiger partial charge in [-0.05, 0) is 26.0 Å². The highest BCUT2D eigenvalue weighted by Crippen LogP contribution is 2.14. The number of amides is 1. The number of hydrogen-bond donors (Lipinski definition) is 1. The molecule has 0 heterocycles. The number of nitrogens with one attached hydrogen (secondary N) is 1. The first-order valence-corrected chi connectivity index (χ1v) is 5.36. The monoisotopic (exact) mass is 242 g/mol. The summed E-state index contributed by atoms with van der Waals surface area (Å²) in [5.74, 6) is -1.49. The second-order valence-corrected chi connectivity index (χ2v) is 4.08. The van der Waals surface area contributed by atoms with E-state index in [4.69, 9.17) is 0 Å². The zero-order valence-corrected chi connectivity index (χ0v) is 10.1. The van der Waals surface area contributed by atoms with E-state index in [2.05, 4.69) is 5.32 Å². The van der Waals surface area contributed by atoms with Gasteiger partial charge in [0.1, 0.15) is 11.6 Å². The van der Waals surface area contributed by atoms with Crippen LogP contribution in [0, 0.1) is 11.6 Å². The maximum absolute atomic E-state index is 13.2. The van der Waals surface area contributed by atoms with Crippen molar-refractivity contribution in [2.24, 2.45) is 0 Å². The average molecular weight is 242 g/mol. The Morgan fingerprint density at radius 1 is 1.41 bits per heavy atom. The van der Waals surface area contributed by atoms with Crippen LogP contribution in [0.15, 0.2) is 18.2 Å². The molecule has 1 aromatic rings. The number of carbonyl (C=O) groups excluding carboxylic acids is 1. The van der Waals surface area contributed by atoms with Crippen molar-refractivity contribution in [1.29, 1.82) is 0 Å². The number of hydrogen-bond acceptors (Lipinski definition) is 2. The SMILES string of the molecule is CC(C)N(C)C(=O)CNc1ccc(F)cc1F. The molecule has 0 aromatic heterocycles. The highest BCUT2D eigenvalue weighted by atomic mass is 19.1. The normalized spacial score (nSPS) is 10.5. The quantitative estimate of drug-likeness (QED) is 0.878. The average Bonchev–Trinajstić information content (AvgIpc) is 2.26. The lowest BCUT2D eigenvalue weighted by Gasteiger charge is -2.21. The van der Waals surface area contributed by atoms with Crippen LogP contribution in [0.4, 0.5) is 14.5 Å². The predicted octanol–water partition coefficient (Wildman–Crippen LogP) is 2.24. The highest BCUT2D eigenvalue weighted by Gasteiger charge is 2.12. The molecule has 0 unspecified atom stereocenters. The minimum Gasteiger partial charge on any atom is -0.374 e. The molecule has 0 aliphatic heterocycles.